The Balaban J connectivity index is 2.09. The number of benzene rings is 1. The van der Waals surface area contributed by atoms with Gasteiger partial charge in [0, 0.05) is 19.6 Å². The summed E-state index contributed by atoms with van der Waals surface area (Å²) in [6, 6.07) is 5.39. The molecule has 22 heavy (non-hydrogen) atoms. The zero-order chi connectivity index (χ0) is 16.2. The Morgan fingerprint density at radius 3 is 2.41 bits per heavy atom. The van der Waals surface area contributed by atoms with Crippen molar-refractivity contribution in [2.24, 2.45) is 0 Å². The summed E-state index contributed by atoms with van der Waals surface area (Å²) >= 11 is 0. The number of rotatable bonds is 9. The molecule has 0 saturated heterocycles. The Morgan fingerprint density at radius 2 is 1.73 bits per heavy atom. The molecule has 0 radical (unpaired) electrons. The Hall–Kier alpha value is -2.15. The van der Waals surface area contributed by atoms with Crippen molar-refractivity contribution >= 4 is 11.9 Å². The fourth-order valence-corrected chi connectivity index (χ4v) is 1.66. The minimum absolute atomic E-state index is 0.0803. The number of hydrogen-bond acceptors (Lipinski definition) is 3. The molecule has 0 bridgehead atoms. The molecule has 4 N–H and O–H groups in total. The molecule has 3 amide bonds. The van der Waals surface area contributed by atoms with Gasteiger partial charge in [-0.3, -0.25) is 4.79 Å². The lowest BCUT2D eigenvalue weighted by molar-refractivity contribution is -0.120. The fraction of sp³-hybridized carbons (Fsp3) is 0.467. The van der Waals surface area contributed by atoms with E-state index in [4.69, 9.17) is 0 Å². The van der Waals surface area contributed by atoms with E-state index < -0.39 is 6.03 Å². The number of nitrogens with one attached hydrogen (secondary N) is 4. The number of carbonyl (C=O) groups excluding carboxylic acids is 2. The molecule has 0 spiro atoms. The van der Waals surface area contributed by atoms with Gasteiger partial charge in [-0.2, -0.15) is 0 Å². The van der Waals surface area contributed by atoms with E-state index in [1.807, 2.05) is 0 Å². The van der Waals surface area contributed by atoms with Crippen molar-refractivity contribution in [3.63, 3.8) is 0 Å². The van der Waals surface area contributed by atoms with Crippen LogP contribution in [-0.2, 0) is 11.3 Å². The number of carbonyl (C=O) groups is 2. The van der Waals surface area contributed by atoms with Crippen LogP contribution >= 0.6 is 0 Å². The predicted octanol–water partition coefficient (Wildman–Crippen LogP) is 0.741. The predicted molar refractivity (Wildman–Crippen MR) is 82.8 cm³/mol. The minimum Gasteiger partial charge on any atom is -0.353 e. The first-order valence-electron chi connectivity index (χ1n) is 7.35. The molecule has 0 saturated carbocycles. The Kier molecular flexibility index (Phi) is 8.59. The molecule has 0 heterocycles. The van der Waals surface area contributed by atoms with Crippen LogP contribution in [0.15, 0.2) is 24.3 Å². The Bertz CT molecular complexity index is 465. The number of amides is 3. The summed E-state index contributed by atoms with van der Waals surface area (Å²) in [5.41, 5.74) is 0.781. The molecule has 7 heteroatoms. The maximum absolute atomic E-state index is 12.7. The van der Waals surface area contributed by atoms with Crippen LogP contribution in [0.1, 0.15) is 18.9 Å². The van der Waals surface area contributed by atoms with E-state index in [9.17, 15) is 14.0 Å². The lowest BCUT2D eigenvalue weighted by atomic mass is 10.2. The van der Waals surface area contributed by atoms with E-state index in [0.29, 0.717) is 13.1 Å². The Labute approximate surface area is 129 Å². The quantitative estimate of drug-likeness (QED) is 0.508. The van der Waals surface area contributed by atoms with Crippen molar-refractivity contribution in [3.8, 4) is 0 Å². The molecule has 0 aliphatic carbocycles. The minimum atomic E-state index is -0.441. The van der Waals surface area contributed by atoms with Gasteiger partial charge in [0.15, 0.2) is 0 Å². The molecular weight excluding hydrogens is 287 g/mol. The zero-order valence-electron chi connectivity index (χ0n) is 12.7. The van der Waals surface area contributed by atoms with Crippen molar-refractivity contribution < 1.29 is 14.0 Å². The fourth-order valence-electron chi connectivity index (χ4n) is 1.66. The molecule has 0 aliphatic rings. The molecule has 1 rings (SSSR count). The van der Waals surface area contributed by atoms with Gasteiger partial charge in [-0.25, -0.2) is 9.18 Å². The molecule has 1 aromatic carbocycles. The lowest BCUT2D eigenvalue weighted by Gasteiger charge is -2.09. The van der Waals surface area contributed by atoms with Crippen LogP contribution in [0.3, 0.4) is 0 Å². The molecule has 0 atom stereocenters. The van der Waals surface area contributed by atoms with E-state index in [0.717, 1.165) is 18.5 Å². The van der Waals surface area contributed by atoms with Crippen LogP contribution in [0, 0.1) is 5.82 Å². The van der Waals surface area contributed by atoms with E-state index in [1.165, 1.54) is 12.1 Å². The molecule has 1 aromatic rings. The number of urea groups is 1. The first-order chi connectivity index (χ1) is 10.6. The van der Waals surface area contributed by atoms with Crippen LogP contribution < -0.4 is 21.3 Å². The van der Waals surface area contributed by atoms with E-state index in [1.54, 1.807) is 12.1 Å². The second-order valence-electron chi connectivity index (χ2n) is 4.76. The van der Waals surface area contributed by atoms with Gasteiger partial charge in [-0.15, -0.1) is 0 Å². The van der Waals surface area contributed by atoms with Crippen molar-refractivity contribution in [1.82, 2.24) is 21.3 Å². The third-order valence-electron chi connectivity index (χ3n) is 2.83. The van der Waals surface area contributed by atoms with E-state index in [-0.39, 0.29) is 24.8 Å². The largest absolute Gasteiger partial charge is 0.353 e. The molecule has 6 nitrogen and oxygen atoms in total. The number of hydrogen-bond donors (Lipinski definition) is 4. The second-order valence-corrected chi connectivity index (χ2v) is 4.76. The lowest BCUT2D eigenvalue weighted by Crippen LogP contribution is -2.43. The highest BCUT2D eigenvalue weighted by Crippen LogP contribution is 2.01. The van der Waals surface area contributed by atoms with E-state index in [2.05, 4.69) is 28.2 Å². The van der Waals surface area contributed by atoms with Crippen molar-refractivity contribution in [2.75, 3.05) is 26.2 Å². The van der Waals surface area contributed by atoms with Crippen LogP contribution in [0.5, 0.6) is 0 Å². The molecule has 0 fully saturated rings. The van der Waals surface area contributed by atoms with Crippen LogP contribution in [0.25, 0.3) is 0 Å². The first-order valence-corrected chi connectivity index (χ1v) is 7.35. The third-order valence-corrected chi connectivity index (χ3v) is 2.83. The van der Waals surface area contributed by atoms with Crippen molar-refractivity contribution in [1.29, 1.82) is 0 Å². The average Bonchev–Trinajstić information content (AvgIpc) is 2.52. The van der Waals surface area contributed by atoms with Crippen LogP contribution in [0.4, 0.5) is 9.18 Å². The highest BCUT2D eigenvalue weighted by molar-refractivity contribution is 5.83. The van der Waals surface area contributed by atoms with Gasteiger partial charge < -0.3 is 21.3 Å². The molecular formula is C15H23FN4O2. The molecule has 0 aliphatic heterocycles. The van der Waals surface area contributed by atoms with Gasteiger partial charge in [0.1, 0.15) is 5.82 Å². The molecule has 0 unspecified atom stereocenters. The summed E-state index contributed by atoms with van der Waals surface area (Å²) in [6.45, 7) is 4.41. The highest BCUT2D eigenvalue weighted by atomic mass is 19.1. The monoisotopic (exact) mass is 310 g/mol. The summed E-state index contributed by atoms with van der Waals surface area (Å²) in [4.78, 5) is 23.0. The van der Waals surface area contributed by atoms with Crippen molar-refractivity contribution in [2.45, 2.75) is 19.9 Å². The normalized spacial score (nSPS) is 10.1. The summed E-state index contributed by atoms with van der Waals surface area (Å²) in [5.74, 6) is -0.562. The maximum Gasteiger partial charge on any atom is 0.315 e. The maximum atomic E-state index is 12.7. The van der Waals surface area contributed by atoms with Gasteiger partial charge >= 0.3 is 6.03 Å². The first kappa shape index (κ1) is 17.9. The van der Waals surface area contributed by atoms with Gasteiger partial charge in [0.25, 0.3) is 0 Å². The summed E-state index contributed by atoms with van der Waals surface area (Å²) in [5, 5.41) is 10.9. The summed E-state index contributed by atoms with van der Waals surface area (Å²) in [7, 11) is 0. The number of halogens is 1. The summed E-state index contributed by atoms with van der Waals surface area (Å²) < 4.78 is 12.7. The van der Waals surface area contributed by atoms with Gasteiger partial charge in [-0.1, -0.05) is 19.1 Å². The van der Waals surface area contributed by atoms with Crippen LogP contribution in [0.2, 0.25) is 0 Å². The highest BCUT2D eigenvalue weighted by Gasteiger charge is 2.04. The third kappa shape index (κ3) is 8.21. The standard InChI is InChI=1S/C15H23FN4O2/c1-2-7-17-8-9-18-14(21)11-20-15(22)19-10-12-3-5-13(16)6-4-12/h3-6,17H,2,7-11H2,1H3,(H,18,21)(H2,19,20,22). The van der Waals surface area contributed by atoms with Gasteiger partial charge in [-0.05, 0) is 30.7 Å². The zero-order valence-corrected chi connectivity index (χ0v) is 12.7. The van der Waals surface area contributed by atoms with Crippen molar-refractivity contribution in [3.05, 3.63) is 35.6 Å². The smallest absolute Gasteiger partial charge is 0.315 e. The van der Waals surface area contributed by atoms with Gasteiger partial charge in [0.2, 0.25) is 5.91 Å². The SMILES string of the molecule is CCCNCCNC(=O)CNC(=O)NCc1ccc(F)cc1. The second kappa shape index (κ2) is 10.6. The van der Waals surface area contributed by atoms with E-state index >= 15 is 0 Å². The van der Waals surface area contributed by atoms with Gasteiger partial charge in [0.05, 0.1) is 6.54 Å². The molecule has 0 aromatic heterocycles. The van der Waals surface area contributed by atoms with Crippen LogP contribution in [-0.4, -0.2) is 38.1 Å². The summed E-state index contributed by atoms with van der Waals surface area (Å²) in [6.07, 6.45) is 1.05. The Morgan fingerprint density at radius 1 is 1.00 bits per heavy atom. The average molecular weight is 310 g/mol. The topological polar surface area (TPSA) is 82.3 Å². The molecule has 122 valence electrons.